The fourth-order valence-electron chi connectivity index (χ4n) is 3.03. The standard InChI is InChI=1S/C20H27N5O/c1-20(2,3)18(21)17(26)15-5-7-16(8-6-15)24-11-13-25(14-12-24)19-22-9-4-10-23-19/h4-10,18H,11-14,21H2,1-3H3. The molecule has 6 heteroatoms. The Balaban J connectivity index is 1.62. The molecule has 1 saturated heterocycles. The third kappa shape index (κ3) is 4.02. The number of nitrogens with two attached hydrogens (primary N) is 1. The molecule has 2 heterocycles. The van der Waals surface area contributed by atoms with E-state index in [0.29, 0.717) is 5.56 Å². The van der Waals surface area contributed by atoms with Crippen molar-refractivity contribution in [1.82, 2.24) is 9.97 Å². The lowest BCUT2D eigenvalue weighted by Gasteiger charge is -2.36. The topological polar surface area (TPSA) is 75.4 Å². The van der Waals surface area contributed by atoms with Gasteiger partial charge >= 0.3 is 0 Å². The second kappa shape index (κ2) is 7.41. The summed E-state index contributed by atoms with van der Waals surface area (Å²) in [7, 11) is 0. The molecule has 0 radical (unpaired) electrons. The lowest BCUT2D eigenvalue weighted by atomic mass is 9.83. The van der Waals surface area contributed by atoms with Crippen LogP contribution in [0, 0.1) is 5.41 Å². The first-order valence-electron chi connectivity index (χ1n) is 9.03. The van der Waals surface area contributed by atoms with Crippen LogP contribution in [0.5, 0.6) is 0 Å². The summed E-state index contributed by atoms with van der Waals surface area (Å²) in [6.07, 6.45) is 3.54. The van der Waals surface area contributed by atoms with Gasteiger partial charge in [-0.05, 0) is 35.7 Å². The van der Waals surface area contributed by atoms with Gasteiger partial charge < -0.3 is 15.5 Å². The highest BCUT2D eigenvalue weighted by Crippen LogP contribution is 2.23. The van der Waals surface area contributed by atoms with Crippen LogP contribution in [0.25, 0.3) is 0 Å². The zero-order chi connectivity index (χ0) is 18.7. The van der Waals surface area contributed by atoms with Crippen LogP contribution in [0.3, 0.4) is 0 Å². The van der Waals surface area contributed by atoms with E-state index in [1.54, 1.807) is 12.4 Å². The van der Waals surface area contributed by atoms with Gasteiger partial charge in [-0.1, -0.05) is 20.8 Å². The van der Waals surface area contributed by atoms with Gasteiger partial charge in [0.15, 0.2) is 5.78 Å². The van der Waals surface area contributed by atoms with Crippen LogP contribution in [-0.4, -0.2) is 48.0 Å². The normalized spacial score (nSPS) is 16.5. The number of Topliss-reactive ketones (excluding diaryl/α,β-unsaturated/α-hetero) is 1. The highest BCUT2D eigenvalue weighted by Gasteiger charge is 2.28. The molecule has 0 saturated carbocycles. The molecule has 26 heavy (non-hydrogen) atoms. The van der Waals surface area contributed by atoms with Crippen LogP contribution in [0.2, 0.25) is 0 Å². The second-order valence-corrected chi connectivity index (χ2v) is 7.78. The number of nitrogens with zero attached hydrogens (tertiary/aromatic N) is 4. The van der Waals surface area contributed by atoms with Crippen molar-refractivity contribution in [2.45, 2.75) is 26.8 Å². The van der Waals surface area contributed by atoms with Gasteiger partial charge in [0.2, 0.25) is 5.95 Å². The second-order valence-electron chi connectivity index (χ2n) is 7.78. The first-order valence-corrected chi connectivity index (χ1v) is 9.03. The Morgan fingerprint density at radius 3 is 2.08 bits per heavy atom. The van der Waals surface area contributed by atoms with Gasteiger partial charge in [-0.25, -0.2) is 9.97 Å². The van der Waals surface area contributed by atoms with E-state index >= 15 is 0 Å². The summed E-state index contributed by atoms with van der Waals surface area (Å²) in [6.45, 7) is 9.50. The van der Waals surface area contributed by atoms with Crippen molar-refractivity contribution in [2.75, 3.05) is 36.0 Å². The van der Waals surface area contributed by atoms with Gasteiger partial charge in [-0.15, -0.1) is 0 Å². The van der Waals surface area contributed by atoms with E-state index in [0.717, 1.165) is 37.8 Å². The van der Waals surface area contributed by atoms with Gasteiger partial charge in [0, 0.05) is 49.8 Å². The third-order valence-corrected chi connectivity index (χ3v) is 4.85. The van der Waals surface area contributed by atoms with E-state index in [2.05, 4.69) is 19.8 Å². The quantitative estimate of drug-likeness (QED) is 0.851. The maximum atomic E-state index is 12.5. The molecule has 0 spiro atoms. The average molecular weight is 353 g/mol. The van der Waals surface area contributed by atoms with Crippen molar-refractivity contribution in [2.24, 2.45) is 11.1 Å². The molecule has 0 aliphatic carbocycles. The summed E-state index contributed by atoms with van der Waals surface area (Å²) < 4.78 is 0. The van der Waals surface area contributed by atoms with Crippen LogP contribution in [0.4, 0.5) is 11.6 Å². The van der Waals surface area contributed by atoms with Crippen molar-refractivity contribution in [3.63, 3.8) is 0 Å². The number of rotatable bonds is 4. The lowest BCUT2D eigenvalue weighted by molar-refractivity contribution is 0.0901. The number of anilines is 2. The van der Waals surface area contributed by atoms with Gasteiger partial charge in [-0.3, -0.25) is 4.79 Å². The number of piperazine rings is 1. The van der Waals surface area contributed by atoms with Crippen molar-refractivity contribution in [3.8, 4) is 0 Å². The number of ketones is 1. The van der Waals surface area contributed by atoms with E-state index in [1.807, 2.05) is 51.1 Å². The Bertz CT molecular complexity index is 731. The SMILES string of the molecule is CC(C)(C)C(N)C(=O)c1ccc(N2CCN(c3ncccn3)CC2)cc1. The van der Waals surface area contributed by atoms with E-state index in [9.17, 15) is 4.79 Å². The molecule has 1 atom stereocenters. The number of hydrogen-bond acceptors (Lipinski definition) is 6. The molecule has 1 aliphatic rings. The van der Waals surface area contributed by atoms with Gasteiger partial charge in [0.25, 0.3) is 0 Å². The molecular formula is C20H27N5O. The smallest absolute Gasteiger partial charge is 0.225 e. The highest BCUT2D eigenvalue weighted by atomic mass is 16.1. The minimum absolute atomic E-state index is 0.00454. The minimum Gasteiger partial charge on any atom is -0.368 e. The van der Waals surface area contributed by atoms with Crippen LogP contribution in [0.15, 0.2) is 42.7 Å². The first kappa shape index (κ1) is 18.3. The molecule has 1 fully saturated rings. The van der Waals surface area contributed by atoms with Crippen molar-refractivity contribution in [1.29, 1.82) is 0 Å². The Morgan fingerprint density at radius 1 is 1.00 bits per heavy atom. The average Bonchev–Trinajstić information content (AvgIpc) is 2.67. The van der Waals surface area contributed by atoms with E-state index in [-0.39, 0.29) is 11.2 Å². The lowest BCUT2D eigenvalue weighted by Crippen LogP contribution is -2.47. The number of aromatic nitrogens is 2. The molecule has 1 unspecified atom stereocenters. The molecule has 1 aromatic heterocycles. The fourth-order valence-corrected chi connectivity index (χ4v) is 3.03. The zero-order valence-corrected chi connectivity index (χ0v) is 15.7. The first-order chi connectivity index (χ1) is 12.4. The Kier molecular flexibility index (Phi) is 5.23. The summed E-state index contributed by atoms with van der Waals surface area (Å²) in [5, 5.41) is 0. The molecular weight excluding hydrogens is 326 g/mol. The van der Waals surface area contributed by atoms with Crippen molar-refractivity contribution in [3.05, 3.63) is 48.3 Å². The molecule has 0 bridgehead atoms. The monoisotopic (exact) mass is 353 g/mol. The summed E-state index contributed by atoms with van der Waals surface area (Å²) in [6, 6.07) is 9.12. The summed E-state index contributed by atoms with van der Waals surface area (Å²) in [5.74, 6) is 0.777. The number of hydrogen-bond donors (Lipinski definition) is 1. The highest BCUT2D eigenvalue weighted by molar-refractivity contribution is 6.00. The third-order valence-electron chi connectivity index (χ3n) is 4.85. The van der Waals surface area contributed by atoms with Crippen LogP contribution in [0.1, 0.15) is 31.1 Å². The number of benzene rings is 1. The maximum Gasteiger partial charge on any atom is 0.225 e. The molecule has 6 nitrogen and oxygen atoms in total. The van der Waals surface area contributed by atoms with E-state index < -0.39 is 6.04 Å². The van der Waals surface area contributed by atoms with E-state index in [4.69, 9.17) is 5.73 Å². The summed E-state index contributed by atoms with van der Waals surface area (Å²) in [4.78, 5) is 25.7. The molecule has 1 aliphatic heterocycles. The van der Waals surface area contributed by atoms with Crippen LogP contribution < -0.4 is 15.5 Å². The van der Waals surface area contributed by atoms with Gasteiger partial charge in [0.1, 0.15) is 0 Å². The molecule has 138 valence electrons. The van der Waals surface area contributed by atoms with E-state index in [1.165, 1.54) is 0 Å². The molecule has 2 N–H and O–H groups in total. The fraction of sp³-hybridized carbons (Fsp3) is 0.450. The molecule has 2 aromatic rings. The van der Waals surface area contributed by atoms with Crippen LogP contribution in [-0.2, 0) is 0 Å². The number of carbonyl (C=O) groups excluding carboxylic acids is 1. The van der Waals surface area contributed by atoms with Crippen molar-refractivity contribution >= 4 is 17.4 Å². The molecule has 1 aromatic carbocycles. The van der Waals surface area contributed by atoms with Gasteiger partial charge in [0.05, 0.1) is 6.04 Å². The largest absolute Gasteiger partial charge is 0.368 e. The molecule has 0 amide bonds. The Morgan fingerprint density at radius 2 is 1.54 bits per heavy atom. The maximum absolute atomic E-state index is 12.5. The van der Waals surface area contributed by atoms with Crippen LogP contribution >= 0.6 is 0 Å². The summed E-state index contributed by atoms with van der Waals surface area (Å²) >= 11 is 0. The predicted molar refractivity (Wildman–Crippen MR) is 105 cm³/mol. The minimum atomic E-state index is -0.497. The zero-order valence-electron chi connectivity index (χ0n) is 15.7. The Hall–Kier alpha value is -2.47. The van der Waals surface area contributed by atoms with Crippen molar-refractivity contribution < 1.29 is 4.79 Å². The molecule has 3 rings (SSSR count). The number of carbonyl (C=O) groups is 1. The predicted octanol–water partition coefficient (Wildman–Crippen LogP) is 2.36. The van der Waals surface area contributed by atoms with Gasteiger partial charge in [-0.2, -0.15) is 0 Å². The Labute approximate surface area is 155 Å². The summed E-state index contributed by atoms with van der Waals surface area (Å²) in [5.41, 5.74) is 7.65.